The average molecular weight is 261 g/mol. The molecule has 5 heteroatoms. The summed E-state index contributed by atoms with van der Waals surface area (Å²) >= 11 is 1.54. The van der Waals surface area contributed by atoms with Crippen LogP contribution < -0.4 is 5.43 Å². The van der Waals surface area contributed by atoms with Crippen molar-refractivity contribution in [1.82, 2.24) is 10.4 Å². The van der Waals surface area contributed by atoms with Crippen LogP contribution in [0.4, 0.5) is 0 Å². The highest BCUT2D eigenvalue weighted by Gasteiger charge is 2.10. The van der Waals surface area contributed by atoms with Crippen LogP contribution in [-0.2, 0) is 4.79 Å². The molecule has 0 aliphatic heterocycles. The Kier molecular flexibility index (Phi) is 5.31. The van der Waals surface area contributed by atoms with Gasteiger partial charge < -0.3 is 5.43 Å². The van der Waals surface area contributed by atoms with Crippen LogP contribution in [-0.4, -0.2) is 24.9 Å². The van der Waals surface area contributed by atoms with Crippen molar-refractivity contribution in [2.24, 2.45) is 0 Å². The van der Waals surface area contributed by atoms with Gasteiger partial charge in [-0.15, -0.1) is 11.3 Å². The minimum Gasteiger partial charge on any atom is -0.322 e. The molecule has 0 unspecified atom stereocenters. The van der Waals surface area contributed by atoms with Gasteiger partial charge >= 0.3 is 0 Å². The zero-order chi connectivity index (χ0) is 13.5. The molecule has 0 saturated carbocycles. The molecule has 0 saturated heterocycles. The Bertz CT molecular complexity index is 507. The number of carbonyl (C=O) groups excluding carboxylic acids is 1. The number of nitrogens with zero attached hydrogens (tertiary/aromatic N) is 2. The summed E-state index contributed by atoms with van der Waals surface area (Å²) in [5.41, 5.74) is 3.57. The normalized spacial score (nSPS) is 12.4. The van der Waals surface area contributed by atoms with Gasteiger partial charge in [0.25, 0.3) is 0 Å². The number of allylic oxidation sites excluding steroid dienone is 3. The molecule has 0 radical (unpaired) electrons. The van der Waals surface area contributed by atoms with E-state index >= 15 is 0 Å². The van der Waals surface area contributed by atoms with Gasteiger partial charge in [0.15, 0.2) is 5.78 Å². The van der Waals surface area contributed by atoms with Crippen molar-refractivity contribution in [3.05, 3.63) is 39.7 Å². The van der Waals surface area contributed by atoms with Crippen molar-refractivity contribution in [2.45, 2.75) is 6.92 Å². The van der Waals surface area contributed by atoms with E-state index in [0.29, 0.717) is 5.70 Å². The molecule has 1 aromatic heterocycles. The first-order valence-electron chi connectivity index (χ1n) is 5.35. The fourth-order valence-electron chi connectivity index (χ4n) is 1.34. The van der Waals surface area contributed by atoms with Crippen LogP contribution in [0.3, 0.4) is 0 Å². The van der Waals surface area contributed by atoms with Gasteiger partial charge in [-0.3, -0.25) is 4.79 Å². The second kappa shape index (κ2) is 6.74. The van der Waals surface area contributed by atoms with Crippen molar-refractivity contribution >= 4 is 23.2 Å². The quantitative estimate of drug-likeness (QED) is 0.501. The molecule has 0 fully saturated rings. The van der Waals surface area contributed by atoms with E-state index in [-0.39, 0.29) is 11.4 Å². The maximum absolute atomic E-state index is 11.9. The minimum absolute atomic E-state index is 0.122. The number of hydrogen-bond acceptors (Lipinski definition) is 5. The highest BCUT2D eigenvalue weighted by molar-refractivity contribution is 7.10. The minimum atomic E-state index is -0.294. The zero-order valence-electron chi connectivity index (χ0n) is 10.6. The van der Waals surface area contributed by atoms with E-state index in [1.807, 2.05) is 23.6 Å². The largest absolute Gasteiger partial charge is 0.322 e. The van der Waals surface area contributed by atoms with E-state index in [1.54, 1.807) is 43.4 Å². The Morgan fingerprint density at radius 1 is 1.56 bits per heavy atom. The van der Waals surface area contributed by atoms with Gasteiger partial charge in [0.05, 0.1) is 0 Å². The maximum Gasteiger partial charge on any atom is 0.198 e. The fraction of sp³-hybridized carbons (Fsp3) is 0.231. The highest BCUT2D eigenvalue weighted by Crippen LogP contribution is 2.11. The summed E-state index contributed by atoms with van der Waals surface area (Å²) in [5, 5.41) is 12.6. The molecule has 18 heavy (non-hydrogen) atoms. The van der Waals surface area contributed by atoms with Crippen molar-refractivity contribution in [1.29, 1.82) is 5.26 Å². The second-order valence-corrected chi connectivity index (χ2v) is 4.81. The summed E-state index contributed by atoms with van der Waals surface area (Å²) in [6, 6.07) is 5.75. The third-order valence-electron chi connectivity index (χ3n) is 2.07. The van der Waals surface area contributed by atoms with Crippen LogP contribution in [0.1, 0.15) is 11.8 Å². The predicted octanol–water partition coefficient (Wildman–Crippen LogP) is 2.19. The molecule has 4 nitrogen and oxygen atoms in total. The van der Waals surface area contributed by atoms with E-state index in [1.165, 1.54) is 6.08 Å². The number of thiophene rings is 1. The van der Waals surface area contributed by atoms with Gasteiger partial charge in [-0.25, -0.2) is 5.01 Å². The van der Waals surface area contributed by atoms with Crippen LogP contribution in [0.2, 0.25) is 0 Å². The number of hydrazine groups is 1. The van der Waals surface area contributed by atoms with Crippen molar-refractivity contribution in [2.75, 3.05) is 14.1 Å². The third kappa shape index (κ3) is 4.17. The molecule has 94 valence electrons. The number of ketones is 1. The molecule has 0 aliphatic rings. The molecule has 0 spiro atoms. The predicted molar refractivity (Wildman–Crippen MR) is 73.5 cm³/mol. The summed E-state index contributed by atoms with van der Waals surface area (Å²) < 4.78 is 0. The smallest absolute Gasteiger partial charge is 0.198 e. The molecule has 0 aliphatic carbocycles. The van der Waals surface area contributed by atoms with Gasteiger partial charge in [-0.05, 0) is 30.5 Å². The number of hydrogen-bond donors (Lipinski definition) is 1. The number of nitrogens with one attached hydrogen (secondary N) is 1. The molecule has 1 N–H and O–H groups in total. The number of nitriles is 1. The topological polar surface area (TPSA) is 56.1 Å². The first kappa shape index (κ1) is 14.2. The summed E-state index contributed by atoms with van der Waals surface area (Å²) in [4.78, 5) is 12.9. The molecule has 1 rings (SSSR count). The summed E-state index contributed by atoms with van der Waals surface area (Å²) in [7, 11) is 3.59. The van der Waals surface area contributed by atoms with Gasteiger partial charge in [0, 0.05) is 24.7 Å². The summed E-state index contributed by atoms with van der Waals surface area (Å²) in [6.45, 7) is 1.70. The SMILES string of the molecule is C/C(NN(C)C)=C(/C#N)C(=O)/C=C/c1cccs1. The summed E-state index contributed by atoms with van der Waals surface area (Å²) in [5.74, 6) is -0.294. The molecule has 0 aromatic carbocycles. The third-order valence-corrected chi connectivity index (χ3v) is 2.90. The molecule has 1 aromatic rings. The average Bonchev–Trinajstić information content (AvgIpc) is 2.79. The Balaban J connectivity index is 2.84. The van der Waals surface area contributed by atoms with E-state index in [9.17, 15) is 4.79 Å². The lowest BCUT2D eigenvalue weighted by Gasteiger charge is -2.14. The number of carbonyl (C=O) groups is 1. The maximum atomic E-state index is 11.9. The lowest BCUT2D eigenvalue weighted by Crippen LogP contribution is -2.30. The Labute approximate surface area is 111 Å². The highest BCUT2D eigenvalue weighted by atomic mass is 32.1. The fourth-order valence-corrected chi connectivity index (χ4v) is 1.96. The van der Waals surface area contributed by atoms with E-state index in [2.05, 4.69) is 5.43 Å². The zero-order valence-corrected chi connectivity index (χ0v) is 11.4. The first-order chi connectivity index (χ1) is 8.54. The van der Waals surface area contributed by atoms with Crippen molar-refractivity contribution in [3.63, 3.8) is 0 Å². The lowest BCUT2D eigenvalue weighted by atomic mass is 10.1. The molecule has 1 heterocycles. The molecular formula is C13H15N3OS. The van der Waals surface area contributed by atoms with Crippen molar-refractivity contribution in [3.8, 4) is 6.07 Å². The molecular weight excluding hydrogens is 246 g/mol. The molecule has 0 atom stereocenters. The Hall–Kier alpha value is -1.90. The van der Waals surface area contributed by atoms with Gasteiger partial charge in [-0.2, -0.15) is 5.26 Å². The van der Waals surface area contributed by atoms with Gasteiger partial charge in [0.2, 0.25) is 0 Å². The van der Waals surface area contributed by atoms with Crippen LogP contribution in [0.5, 0.6) is 0 Å². The van der Waals surface area contributed by atoms with Crippen molar-refractivity contribution < 1.29 is 4.79 Å². The second-order valence-electron chi connectivity index (χ2n) is 3.83. The van der Waals surface area contributed by atoms with Crippen LogP contribution in [0, 0.1) is 11.3 Å². The van der Waals surface area contributed by atoms with E-state index < -0.39 is 0 Å². The van der Waals surface area contributed by atoms with E-state index in [4.69, 9.17) is 5.26 Å². The summed E-state index contributed by atoms with van der Waals surface area (Å²) in [6.07, 6.45) is 3.14. The van der Waals surface area contributed by atoms with Gasteiger partial charge in [0.1, 0.15) is 11.6 Å². The monoisotopic (exact) mass is 261 g/mol. The molecule has 0 amide bonds. The first-order valence-corrected chi connectivity index (χ1v) is 6.23. The Morgan fingerprint density at radius 2 is 2.28 bits per heavy atom. The van der Waals surface area contributed by atoms with Gasteiger partial charge in [-0.1, -0.05) is 6.07 Å². The molecule has 0 bridgehead atoms. The lowest BCUT2D eigenvalue weighted by molar-refractivity contribution is -0.111. The standard InChI is InChI=1S/C13H15N3OS/c1-10(15-16(2)3)12(9-14)13(17)7-6-11-5-4-8-18-11/h4-8,15H,1-3H3/b7-6+,12-10+. The number of rotatable bonds is 5. The van der Waals surface area contributed by atoms with E-state index in [0.717, 1.165) is 4.88 Å². The van der Waals surface area contributed by atoms with Crippen LogP contribution >= 0.6 is 11.3 Å². The van der Waals surface area contributed by atoms with Crippen LogP contribution in [0.25, 0.3) is 6.08 Å². The Morgan fingerprint density at radius 3 is 2.78 bits per heavy atom. The van der Waals surface area contributed by atoms with Crippen LogP contribution in [0.15, 0.2) is 34.9 Å².